The molecule has 1 amide bonds. The second kappa shape index (κ2) is 11.5. The van der Waals surface area contributed by atoms with Gasteiger partial charge in [-0.25, -0.2) is 0 Å². The number of aliphatic hydroxyl groups excluding tert-OH is 1. The molecule has 4 aromatic rings. The Morgan fingerprint density at radius 1 is 0.850 bits per heavy atom. The minimum absolute atomic E-state index is 0.0185. The molecule has 1 aliphatic heterocycles. The van der Waals surface area contributed by atoms with Crippen LogP contribution in [-0.2, 0) is 9.59 Å². The highest BCUT2D eigenvalue weighted by Gasteiger charge is 2.47. The van der Waals surface area contributed by atoms with Crippen LogP contribution in [0.4, 0.5) is 5.69 Å². The number of para-hydroxylation sites is 1. The molecule has 202 valence electrons. The summed E-state index contributed by atoms with van der Waals surface area (Å²) in [5.41, 5.74) is 3.42. The molecule has 1 atom stereocenters. The van der Waals surface area contributed by atoms with Gasteiger partial charge in [0.05, 0.1) is 18.2 Å². The van der Waals surface area contributed by atoms with Gasteiger partial charge >= 0.3 is 0 Å². The molecule has 1 saturated heterocycles. The Morgan fingerprint density at radius 2 is 1.60 bits per heavy atom. The Kier molecular flexibility index (Phi) is 7.69. The van der Waals surface area contributed by atoms with Crippen molar-refractivity contribution in [2.75, 3.05) is 11.5 Å². The highest BCUT2D eigenvalue weighted by atomic mass is 16.5. The average Bonchev–Trinajstić information content (AvgIpc) is 3.22. The number of amides is 1. The largest absolute Gasteiger partial charge is 0.507 e. The number of Topliss-reactive ketones (excluding diaryl/α,β-unsaturated/α-hetero) is 1. The summed E-state index contributed by atoms with van der Waals surface area (Å²) in [5, 5.41) is 11.6. The van der Waals surface area contributed by atoms with Crippen LogP contribution in [0.3, 0.4) is 0 Å². The summed E-state index contributed by atoms with van der Waals surface area (Å²) in [6, 6.07) is 28.4. The van der Waals surface area contributed by atoms with E-state index in [4.69, 9.17) is 9.47 Å². The number of ketones is 1. The Bertz CT molecular complexity index is 1590. The predicted octanol–water partition coefficient (Wildman–Crippen LogP) is 7.51. The van der Waals surface area contributed by atoms with E-state index in [2.05, 4.69) is 0 Å². The molecule has 0 radical (unpaired) electrons. The van der Waals surface area contributed by atoms with Crippen LogP contribution in [-0.4, -0.2) is 23.4 Å². The van der Waals surface area contributed by atoms with Gasteiger partial charge in [-0.3, -0.25) is 14.5 Å². The second-order valence-corrected chi connectivity index (χ2v) is 9.82. The van der Waals surface area contributed by atoms with Crippen molar-refractivity contribution in [3.05, 3.63) is 125 Å². The van der Waals surface area contributed by atoms with Crippen molar-refractivity contribution in [3.8, 4) is 17.2 Å². The number of rotatable bonds is 8. The van der Waals surface area contributed by atoms with Gasteiger partial charge in [-0.1, -0.05) is 49.4 Å². The zero-order valence-corrected chi connectivity index (χ0v) is 22.8. The summed E-state index contributed by atoms with van der Waals surface area (Å²) in [4.78, 5) is 28.6. The summed E-state index contributed by atoms with van der Waals surface area (Å²) >= 11 is 0. The quantitative estimate of drug-likeness (QED) is 0.144. The first kappa shape index (κ1) is 26.8. The average molecular weight is 534 g/mol. The minimum atomic E-state index is -0.863. The van der Waals surface area contributed by atoms with Crippen LogP contribution in [0, 0.1) is 13.8 Å². The molecule has 1 fully saturated rings. The van der Waals surface area contributed by atoms with Crippen molar-refractivity contribution in [2.45, 2.75) is 33.2 Å². The van der Waals surface area contributed by atoms with Crippen molar-refractivity contribution in [2.24, 2.45) is 0 Å². The molecule has 0 aliphatic carbocycles. The van der Waals surface area contributed by atoms with Gasteiger partial charge < -0.3 is 14.6 Å². The first-order chi connectivity index (χ1) is 19.4. The van der Waals surface area contributed by atoms with E-state index in [0.29, 0.717) is 40.7 Å². The van der Waals surface area contributed by atoms with Crippen molar-refractivity contribution in [3.63, 3.8) is 0 Å². The van der Waals surface area contributed by atoms with E-state index in [1.54, 1.807) is 30.3 Å². The van der Waals surface area contributed by atoms with E-state index in [9.17, 15) is 14.7 Å². The molecule has 6 heteroatoms. The zero-order valence-electron chi connectivity index (χ0n) is 22.8. The van der Waals surface area contributed by atoms with Crippen molar-refractivity contribution >= 4 is 23.1 Å². The van der Waals surface area contributed by atoms with Crippen LogP contribution in [0.5, 0.6) is 17.2 Å². The number of ether oxygens (including phenoxy) is 2. The summed E-state index contributed by atoms with van der Waals surface area (Å²) in [5.74, 6) is 0.229. The van der Waals surface area contributed by atoms with Gasteiger partial charge in [-0.05, 0) is 91.6 Å². The van der Waals surface area contributed by atoms with Crippen LogP contribution in [0.25, 0.3) is 5.76 Å². The maximum absolute atomic E-state index is 13.6. The predicted molar refractivity (Wildman–Crippen MR) is 156 cm³/mol. The Labute approximate surface area is 234 Å². The number of carbonyl (C=O) groups excluding carboxylic acids is 2. The summed E-state index contributed by atoms with van der Waals surface area (Å²) in [6.07, 6.45) is 0.872. The molecule has 40 heavy (non-hydrogen) atoms. The van der Waals surface area contributed by atoms with Gasteiger partial charge in [-0.15, -0.1) is 0 Å². The van der Waals surface area contributed by atoms with Crippen LogP contribution >= 0.6 is 0 Å². The number of aliphatic hydroxyl groups is 1. The van der Waals surface area contributed by atoms with E-state index in [1.807, 2.05) is 87.5 Å². The monoisotopic (exact) mass is 533 g/mol. The highest BCUT2D eigenvalue weighted by molar-refractivity contribution is 6.51. The van der Waals surface area contributed by atoms with Gasteiger partial charge in [0.25, 0.3) is 11.7 Å². The van der Waals surface area contributed by atoms with Gasteiger partial charge in [0.15, 0.2) is 0 Å². The van der Waals surface area contributed by atoms with Gasteiger partial charge in [0, 0.05) is 11.3 Å². The molecule has 1 heterocycles. The molecule has 6 nitrogen and oxygen atoms in total. The molecule has 4 aromatic carbocycles. The third kappa shape index (κ3) is 5.34. The lowest BCUT2D eigenvalue weighted by atomic mass is 9.94. The van der Waals surface area contributed by atoms with Gasteiger partial charge in [0.1, 0.15) is 23.0 Å². The highest BCUT2D eigenvalue weighted by Crippen LogP contribution is 2.43. The fraction of sp³-hybridized carbons (Fsp3) is 0.176. The summed E-state index contributed by atoms with van der Waals surface area (Å²) in [6.45, 7) is 6.42. The minimum Gasteiger partial charge on any atom is -0.507 e. The number of aryl methyl sites for hydroxylation is 2. The molecule has 1 aliphatic rings. The topological polar surface area (TPSA) is 76.1 Å². The van der Waals surface area contributed by atoms with Crippen molar-refractivity contribution in [1.82, 2.24) is 0 Å². The number of hydrogen-bond donors (Lipinski definition) is 1. The number of anilines is 1. The smallest absolute Gasteiger partial charge is 0.300 e. The van der Waals surface area contributed by atoms with Crippen molar-refractivity contribution < 1.29 is 24.2 Å². The summed E-state index contributed by atoms with van der Waals surface area (Å²) < 4.78 is 11.8. The Hall–Kier alpha value is -4.84. The first-order valence-electron chi connectivity index (χ1n) is 13.3. The van der Waals surface area contributed by atoms with Crippen LogP contribution < -0.4 is 14.4 Å². The lowest BCUT2D eigenvalue weighted by Crippen LogP contribution is -2.29. The SMILES string of the molecule is CCCOc1ccc(/C(O)=C2\C(=O)C(=O)N(c3cccc(C)c3)C2c2cccc(Oc3ccccc3)c2)cc1C. The van der Waals surface area contributed by atoms with Crippen LogP contribution in [0.1, 0.15) is 41.6 Å². The molecule has 1 unspecified atom stereocenters. The maximum Gasteiger partial charge on any atom is 0.300 e. The third-order valence-electron chi connectivity index (χ3n) is 6.79. The molecular formula is C34H31NO5. The van der Waals surface area contributed by atoms with Crippen molar-refractivity contribution in [1.29, 1.82) is 0 Å². The Morgan fingerprint density at radius 3 is 2.33 bits per heavy atom. The second-order valence-electron chi connectivity index (χ2n) is 9.82. The van der Waals surface area contributed by atoms with Crippen LogP contribution in [0.2, 0.25) is 0 Å². The first-order valence-corrected chi connectivity index (χ1v) is 13.3. The third-order valence-corrected chi connectivity index (χ3v) is 6.79. The number of hydrogen-bond acceptors (Lipinski definition) is 5. The lowest BCUT2D eigenvalue weighted by molar-refractivity contribution is -0.132. The number of nitrogens with zero attached hydrogens (tertiary/aromatic N) is 1. The molecule has 1 N–H and O–H groups in total. The zero-order chi connectivity index (χ0) is 28.2. The molecule has 0 aromatic heterocycles. The summed E-state index contributed by atoms with van der Waals surface area (Å²) in [7, 11) is 0. The van der Waals surface area contributed by atoms with E-state index >= 15 is 0 Å². The van der Waals surface area contributed by atoms with Gasteiger partial charge in [-0.2, -0.15) is 0 Å². The van der Waals surface area contributed by atoms with Crippen LogP contribution in [0.15, 0.2) is 103 Å². The molecule has 0 saturated carbocycles. The molecule has 0 bridgehead atoms. The Balaban J connectivity index is 1.64. The van der Waals surface area contributed by atoms with E-state index in [1.165, 1.54) is 4.90 Å². The standard InChI is InChI=1S/C34H31NO5/c1-4-18-39-29-17-16-25(20-23(29)3)32(36)30-31(35(34(38)33(30)37)26-12-8-10-22(2)19-26)24-11-9-15-28(21-24)40-27-13-6-5-7-14-27/h5-17,19-21,31,36H,4,18H2,1-3H3/b32-30+. The fourth-order valence-corrected chi connectivity index (χ4v) is 4.89. The van der Waals surface area contributed by atoms with E-state index in [-0.39, 0.29) is 11.3 Å². The van der Waals surface area contributed by atoms with E-state index < -0.39 is 17.7 Å². The van der Waals surface area contributed by atoms with E-state index in [0.717, 1.165) is 17.5 Å². The molecule has 0 spiro atoms. The number of carbonyl (C=O) groups is 2. The lowest BCUT2D eigenvalue weighted by Gasteiger charge is -2.26. The molecule has 5 rings (SSSR count). The fourth-order valence-electron chi connectivity index (χ4n) is 4.89. The molecular weight excluding hydrogens is 502 g/mol. The maximum atomic E-state index is 13.6. The van der Waals surface area contributed by atoms with Gasteiger partial charge in [0.2, 0.25) is 0 Å². The normalized spacial score (nSPS) is 16.3. The number of benzene rings is 4.